The molecular weight excluding hydrogens is 164 g/mol. The van der Waals surface area contributed by atoms with Crippen LogP contribution in [0.3, 0.4) is 0 Å². The van der Waals surface area contributed by atoms with Crippen LogP contribution in [-0.2, 0) is 0 Å². The molecule has 4 nitrogen and oxygen atoms in total. The minimum atomic E-state index is 0.212. The van der Waals surface area contributed by atoms with Crippen molar-refractivity contribution in [3.8, 4) is 0 Å². The highest BCUT2D eigenvalue weighted by Gasteiger charge is 2.15. The minimum Gasteiger partial charge on any atom is -0.368 e. The van der Waals surface area contributed by atoms with Gasteiger partial charge in [-0.15, -0.1) is 0 Å². The zero-order valence-corrected chi connectivity index (χ0v) is 7.79. The molecule has 0 aromatic carbocycles. The molecule has 3 N–H and O–H groups in total. The first-order valence-electron chi connectivity index (χ1n) is 4.44. The van der Waals surface area contributed by atoms with Gasteiger partial charge in [0, 0.05) is 11.6 Å². The van der Waals surface area contributed by atoms with E-state index in [1.165, 1.54) is 0 Å². The van der Waals surface area contributed by atoms with E-state index in [1.807, 2.05) is 0 Å². The molecule has 1 saturated heterocycles. The van der Waals surface area contributed by atoms with Gasteiger partial charge in [0.15, 0.2) is 0 Å². The fourth-order valence-corrected chi connectivity index (χ4v) is 1.43. The molecule has 1 heterocycles. The summed E-state index contributed by atoms with van der Waals surface area (Å²) in [5.41, 5.74) is 6.25. The average molecular weight is 180 g/mol. The molecule has 0 bridgehead atoms. The third-order valence-electron chi connectivity index (χ3n) is 2.23. The first kappa shape index (κ1) is 9.92. The topological polar surface area (TPSA) is 62.8 Å². The fourth-order valence-electron chi connectivity index (χ4n) is 1.43. The highest BCUT2D eigenvalue weighted by atomic mass is 15.0. The van der Waals surface area contributed by atoms with Crippen LogP contribution in [0, 0.1) is 5.92 Å². The Morgan fingerprint density at radius 3 is 2.54 bits per heavy atom. The summed E-state index contributed by atoms with van der Waals surface area (Å²) in [5, 5.41) is 3.28. The van der Waals surface area contributed by atoms with Crippen LogP contribution in [0.4, 0.5) is 0 Å². The number of guanidine groups is 1. The number of hydrogen-bond donors (Lipinski definition) is 2. The van der Waals surface area contributed by atoms with Crippen molar-refractivity contribution in [1.82, 2.24) is 5.32 Å². The maximum Gasteiger partial charge on any atom is 0.219 e. The van der Waals surface area contributed by atoms with Gasteiger partial charge >= 0.3 is 0 Å². The van der Waals surface area contributed by atoms with Gasteiger partial charge in [-0.1, -0.05) is 6.58 Å². The van der Waals surface area contributed by atoms with Crippen LogP contribution in [0.25, 0.3) is 0 Å². The van der Waals surface area contributed by atoms with Crippen molar-refractivity contribution < 1.29 is 0 Å². The Balaban J connectivity index is 2.50. The minimum absolute atomic E-state index is 0.212. The zero-order valence-electron chi connectivity index (χ0n) is 7.79. The van der Waals surface area contributed by atoms with Crippen molar-refractivity contribution in [2.45, 2.75) is 12.8 Å². The second kappa shape index (κ2) is 4.77. The van der Waals surface area contributed by atoms with Gasteiger partial charge in [0.25, 0.3) is 0 Å². The predicted molar refractivity (Wildman–Crippen MR) is 55.9 cm³/mol. The Hall–Kier alpha value is -1.16. The summed E-state index contributed by atoms with van der Waals surface area (Å²) in [6.45, 7) is 9.24. The molecule has 0 aliphatic carbocycles. The van der Waals surface area contributed by atoms with E-state index in [0.29, 0.717) is 5.92 Å². The fraction of sp³-hybridized carbons (Fsp3) is 0.556. The number of rotatable bonds is 2. The lowest BCUT2D eigenvalue weighted by Crippen LogP contribution is -2.28. The van der Waals surface area contributed by atoms with E-state index in [-0.39, 0.29) is 5.96 Å². The first-order chi connectivity index (χ1) is 6.24. The molecule has 0 radical (unpaired) electrons. The van der Waals surface area contributed by atoms with E-state index >= 15 is 0 Å². The van der Waals surface area contributed by atoms with E-state index < -0.39 is 0 Å². The second-order valence-corrected chi connectivity index (χ2v) is 3.14. The van der Waals surface area contributed by atoms with Gasteiger partial charge in [0.05, 0.1) is 0 Å². The van der Waals surface area contributed by atoms with E-state index in [4.69, 9.17) is 5.73 Å². The summed E-state index contributed by atoms with van der Waals surface area (Å²) in [6, 6.07) is 0. The van der Waals surface area contributed by atoms with Crippen molar-refractivity contribution in [2.24, 2.45) is 21.6 Å². The molecule has 0 aromatic rings. The Morgan fingerprint density at radius 1 is 1.38 bits per heavy atom. The molecule has 1 rings (SSSR count). The molecule has 1 aliphatic rings. The number of nitrogens with two attached hydrogens (primary N) is 1. The molecule has 72 valence electrons. The maximum absolute atomic E-state index is 5.42. The third-order valence-corrected chi connectivity index (χ3v) is 2.23. The SMILES string of the molecule is C=NC(N)=NC(=C)C1CCNCC1. The van der Waals surface area contributed by atoms with Crippen LogP contribution < -0.4 is 11.1 Å². The van der Waals surface area contributed by atoms with Gasteiger partial charge < -0.3 is 11.1 Å². The van der Waals surface area contributed by atoms with Crippen LogP contribution in [-0.4, -0.2) is 25.8 Å². The summed E-state index contributed by atoms with van der Waals surface area (Å²) >= 11 is 0. The molecule has 0 atom stereocenters. The Labute approximate surface area is 78.6 Å². The van der Waals surface area contributed by atoms with Crippen LogP contribution in [0.2, 0.25) is 0 Å². The van der Waals surface area contributed by atoms with Crippen molar-refractivity contribution in [2.75, 3.05) is 13.1 Å². The summed E-state index contributed by atoms with van der Waals surface area (Å²) < 4.78 is 0. The van der Waals surface area contributed by atoms with Gasteiger partial charge in [-0.2, -0.15) is 0 Å². The Kier molecular flexibility index (Phi) is 3.64. The molecule has 0 spiro atoms. The second-order valence-electron chi connectivity index (χ2n) is 3.14. The number of hydrogen-bond acceptors (Lipinski definition) is 2. The van der Waals surface area contributed by atoms with Crippen LogP contribution in [0.1, 0.15) is 12.8 Å². The van der Waals surface area contributed by atoms with Gasteiger partial charge in [0.1, 0.15) is 0 Å². The standard InChI is InChI=1S/C9H16N4/c1-7(13-9(10)11-2)8-3-5-12-6-4-8/h8,12H,1-6H2,(H2,10,13). The summed E-state index contributed by atoms with van der Waals surface area (Å²) in [7, 11) is 0. The number of aliphatic imine (C=N–C) groups is 2. The van der Waals surface area contributed by atoms with Crippen molar-refractivity contribution in [1.29, 1.82) is 0 Å². The third kappa shape index (κ3) is 2.99. The smallest absolute Gasteiger partial charge is 0.219 e. The normalized spacial score (nSPS) is 19.8. The van der Waals surface area contributed by atoms with E-state index in [9.17, 15) is 0 Å². The first-order valence-corrected chi connectivity index (χ1v) is 4.44. The largest absolute Gasteiger partial charge is 0.368 e. The predicted octanol–water partition coefficient (Wildman–Crippen LogP) is 0.515. The molecule has 4 heteroatoms. The lowest BCUT2D eigenvalue weighted by Gasteiger charge is -2.22. The van der Waals surface area contributed by atoms with Crippen LogP contribution in [0.15, 0.2) is 22.3 Å². The summed E-state index contributed by atoms with van der Waals surface area (Å²) in [6.07, 6.45) is 2.15. The van der Waals surface area contributed by atoms with Gasteiger partial charge in [-0.05, 0) is 32.6 Å². The summed E-state index contributed by atoms with van der Waals surface area (Å²) in [4.78, 5) is 7.59. The highest BCUT2D eigenvalue weighted by molar-refractivity contribution is 5.83. The van der Waals surface area contributed by atoms with E-state index in [0.717, 1.165) is 31.6 Å². The maximum atomic E-state index is 5.42. The van der Waals surface area contributed by atoms with Crippen molar-refractivity contribution in [3.05, 3.63) is 12.3 Å². The lowest BCUT2D eigenvalue weighted by molar-refractivity contribution is 0.418. The van der Waals surface area contributed by atoms with E-state index in [2.05, 4.69) is 28.6 Å². The number of nitrogens with one attached hydrogen (secondary N) is 1. The van der Waals surface area contributed by atoms with Gasteiger partial charge in [-0.25, -0.2) is 9.98 Å². The van der Waals surface area contributed by atoms with E-state index in [1.54, 1.807) is 0 Å². The molecule has 1 fully saturated rings. The van der Waals surface area contributed by atoms with Crippen LogP contribution in [0.5, 0.6) is 0 Å². The van der Waals surface area contributed by atoms with Gasteiger partial charge in [-0.3, -0.25) is 0 Å². The molecule has 13 heavy (non-hydrogen) atoms. The Bertz CT molecular complexity index is 226. The Morgan fingerprint density at radius 2 is 2.00 bits per heavy atom. The highest BCUT2D eigenvalue weighted by Crippen LogP contribution is 2.20. The van der Waals surface area contributed by atoms with Crippen molar-refractivity contribution in [3.63, 3.8) is 0 Å². The molecular formula is C9H16N4. The molecule has 0 aromatic heterocycles. The lowest BCUT2D eigenvalue weighted by atomic mass is 9.95. The monoisotopic (exact) mass is 180 g/mol. The summed E-state index contributed by atoms with van der Waals surface area (Å²) in [5.74, 6) is 0.657. The molecule has 0 unspecified atom stereocenters. The molecule has 1 aliphatic heterocycles. The number of allylic oxidation sites excluding steroid dienone is 1. The zero-order chi connectivity index (χ0) is 9.68. The number of piperidine rings is 1. The number of nitrogens with zero attached hydrogens (tertiary/aromatic N) is 2. The quantitative estimate of drug-likeness (QED) is 0.480. The molecule has 0 saturated carbocycles. The van der Waals surface area contributed by atoms with Crippen LogP contribution >= 0.6 is 0 Å². The van der Waals surface area contributed by atoms with Crippen molar-refractivity contribution >= 4 is 12.7 Å². The molecule has 0 amide bonds. The average Bonchev–Trinajstić information content (AvgIpc) is 2.19. The van der Waals surface area contributed by atoms with Gasteiger partial charge in [0.2, 0.25) is 5.96 Å².